The van der Waals surface area contributed by atoms with Crippen molar-refractivity contribution in [1.82, 2.24) is 19.9 Å². The first kappa shape index (κ1) is 18.9. The molecule has 5 rings (SSSR count). The summed E-state index contributed by atoms with van der Waals surface area (Å²) in [5, 5.41) is 1.12. The van der Waals surface area contributed by atoms with Crippen molar-refractivity contribution in [1.29, 1.82) is 0 Å². The van der Waals surface area contributed by atoms with Crippen LogP contribution in [0.3, 0.4) is 0 Å². The van der Waals surface area contributed by atoms with E-state index in [2.05, 4.69) is 31.9 Å². The van der Waals surface area contributed by atoms with Crippen molar-refractivity contribution in [3.8, 4) is 0 Å². The van der Waals surface area contributed by atoms with Crippen molar-refractivity contribution < 1.29 is 8.78 Å². The standard InChI is InChI=1S/C23H23F2N5/c1-15-26-21-17-4-2-3-5-20(17)28-22(21)23(27-15)30-12-10-29(11-13-30)9-8-16-6-7-18(24)19(25)14-16/h2-7,14,28H,8-13H2,1H3. The minimum absolute atomic E-state index is 0.704. The van der Waals surface area contributed by atoms with Gasteiger partial charge in [-0.25, -0.2) is 18.7 Å². The second kappa shape index (κ2) is 7.65. The maximum absolute atomic E-state index is 13.4. The van der Waals surface area contributed by atoms with Gasteiger partial charge in [-0.2, -0.15) is 0 Å². The van der Waals surface area contributed by atoms with E-state index in [1.54, 1.807) is 6.07 Å². The fourth-order valence-electron chi connectivity index (χ4n) is 4.20. The Labute approximate surface area is 173 Å². The molecule has 1 aliphatic heterocycles. The maximum Gasteiger partial charge on any atom is 0.159 e. The Morgan fingerprint density at radius 3 is 2.57 bits per heavy atom. The number of aromatic nitrogens is 3. The van der Waals surface area contributed by atoms with E-state index >= 15 is 0 Å². The second-order valence-corrected chi connectivity index (χ2v) is 7.82. The van der Waals surface area contributed by atoms with Crippen LogP contribution >= 0.6 is 0 Å². The molecule has 5 nitrogen and oxygen atoms in total. The first-order chi connectivity index (χ1) is 14.6. The van der Waals surface area contributed by atoms with Crippen LogP contribution in [0.5, 0.6) is 0 Å². The van der Waals surface area contributed by atoms with Gasteiger partial charge in [0.15, 0.2) is 17.5 Å². The van der Waals surface area contributed by atoms with E-state index in [-0.39, 0.29) is 0 Å². The average molecular weight is 407 g/mol. The van der Waals surface area contributed by atoms with Gasteiger partial charge in [0.25, 0.3) is 0 Å². The number of H-pyrrole nitrogens is 1. The summed E-state index contributed by atoms with van der Waals surface area (Å²) in [7, 11) is 0. The second-order valence-electron chi connectivity index (χ2n) is 7.82. The van der Waals surface area contributed by atoms with E-state index < -0.39 is 11.6 Å². The number of fused-ring (bicyclic) bond motifs is 3. The molecule has 30 heavy (non-hydrogen) atoms. The normalized spacial score (nSPS) is 15.4. The van der Waals surface area contributed by atoms with E-state index in [9.17, 15) is 8.78 Å². The van der Waals surface area contributed by atoms with Gasteiger partial charge in [0.2, 0.25) is 0 Å². The van der Waals surface area contributed by atoms with Crippen LogP contribution in [0.25, 0.3) is 21.9 Å². The zero-order chi connectivity index (χ0) is 20.7. The maximum atomic E-state index is 13.4. The molecule has 0 unspecified atom stereocenters. The van der Waals surface area contributed by atoms with Crippen LogP contribution in [0.15, 0.2) is 42.5 Å². The predicted octanol–water partition coefficient (Wildman–Crippen LogP) is 4.06. The largest absolute Gasteiger partial charge is 0.352 e. The number of aryl methyl sites for hydroxylation is 1. The predicted molar refractivity (Wildman–Crippen MR) is 115 cm³/mol. The van der Waals surface area contributed by atoms with E-state index in [0.717, 1.165) is 71.9 Å². The van der Waals surface area contributed by atoms with Crippen molar-refractivity contribution >= 4 is 27.8 Å². The van der Waals surface area contributed by atoms with Crippen LogP contribution in [0.2, 0.25) is 0 Å². The van der Waals surface area contributed by atoms with Gasteiger partial charge in [-0.15, -0.1) is 0 Å². The molecular formula is C23H23F2N5. The highest BCUT2D eigenvalue weighted by atomic mass is 19.2. The summed E-state index contributed by atoms with van der Waals surface area (Å²) in [4.78, 5) is 17.6. The first-order valence-electron chi connectivity index (χ1n) is 10.2. The smallest absolute Gasteiger partial charge is 0.159 e. The fourth-order valence-corrected chi connectivity index (χ4v) is 4.20. The number of anilines is 1. The number of nitrogens with zero attached hydrogens (tertiary/aromatic N) is 4. The summed E-state index contributed by atoms with van der Waals surface area (Å²) in [5.74, 6) is 0.145. The fraction of sp³-hybridized carbons (Fsp3) is 0.304. The third kappa shape index (κ3) is 3.50. The van der Waals surface area contributed by atoms with Gasteiger partial charge in [-0.1, -0.05) is 24.3 Å². The van der Waals surface area contributed by atoms with Gasteiger partial charge < -0.3 is 9.88 Å². The summed E-state index contributed by atoms with van der Waals surface area (Å²) in [6.07, 6.45) is 0.704. The van der Waals surface area contributed by atoms with Crippen LogP contribution in [-0.4, -0.2) is 52.6 Å². The summed E-state index contributed by atoms with van der Waals surface area (Å²) in [6, 6.07) is 12.3. The molecule has 0 radical (unpaired) electrons. The van der Waals surface area contributed by atoms with E-state index in [1.165, 1.54) is 12.1 Å². The highest BCUT2D eigenvalue weighted by molar-refractivity contribution is 6.08. The molecule has 0 spiro atoms. The Morgan fingerprint density at radius 1 is 0.967 bits per heavy atom. The molecule has 1 aliphatic rings. The van der Waals surface area contributed by atoms with Crippen LogP contribution in [-0.2, 0) is 6.42 Å². The molecule has 0 saturated carbocycles. The number of nitrogens with one attached hydrogen (secondary N) is 1. The van der Waals surface area contributed by atoms with Gasteiger partial charge >= 0.3 is 0 Å². The summed E-state index contributed by atoms with van der Waals surface area (Å²) < 4.78 is 26.5. The Kier molecular flexibility index (Phi) is 4.83. The summed E-state index contributed by atoms with van der Waals surface area (Å²) in [6.45, 7) is 6.27. The Morgan fingerprint density at radius 2 is 1.77 bits per heavy atom. The molecule has 154 valence electrons. The van der Waals surface area contributed by atoms with Gasteiger partial charge in [0.1, 0.15) is 16.9 Å². The van der Waals surface area contributed by atoms with Crippen molar-refractivity contribution in [3.63, 3.8) is 0 Å². The molecular weight excluding hydrogens is 384 g/mol. The molecule has 0 bridgehead atoms. The molecule has 1 saturated heterocycles. The van der Waals surface area contributed by atoms with E-state index in [0.29, 0.717) is 6.42 Å². The number of para-hydroxylation sites is 1. The number of hydrogen-bond acceptors (Lipinski definition) is 4. The molecule has 2 aromatic heterocycles. The van der Waals surface area contributed by atoms with Crippen molar-refractivity contribution in [3.05, 3.63) is 65.5 Å². The quantitative estimate of drug-likeness (QED) is 0.554. The van der Waals surface area contributed by atoms with Crippen molar-refractivity contribution in [2.45, 2.75) is 13.3 Å². The van der Waals surface area contributed by atoms with Crippen LogP contribution in [0.4, 0.5) is 14.6 Å². The molecule has 2 aromatic carbocycles. The zero-order valence-electron chi connectivity index (χ0n) is 16.8. The lowest BCUT2D eigenvalue weighted by Crippen LogP contribution is -2.47. The van der Waals surface area contributed by atoms with Crippen LogP contribution in [0, 0.1) is 18.6 Å². The third-order valence-corrected chi connectivity index (χ3v) is 5.82. The number of benzene rings is 2. The highest BCUT2D eigenvalue weighted by Crippen LogP contribution is 2.30. The number of hydrogen-bond donors (Lipinski definition) is 1. The third-order valence-electron chi connectivity index (χ3n) is 5.82. The van der Waals surface area contributed by atoms with Gasteiger partial charge in [0, 0.05) is 43.6 Å². The lowest BCUT2D eigenvalue weighted by atomic mass is 10.1. The molecule has 1 fully saturated rings. The van der Waals surface area contributed by atoms with Gasteiger partial charge in [-0.3, -0.25) is 4.90 Å². The molecule has 7 heteroatoms. The topological polar surface area (TPSA) is 48.1 Å². The summed E-state index contributed by atoms with van der Waals surface area (Å²) >= 11 is 0. The van der Waals surface area contributed by atoms with E-state index in [1.807, 2.05) is 19.1 Å². The molecule has 0 amide bonds. The number of rotatable bonds is 4. The van der Waals surface area contributed by atoms with Crippen LogP contribution in [0.1, 0.15) is 11.4 Å². The van der Waals surface area contributed by atoms with E-state index in [4.69, 9.17) is 4.98 Å². The van der Waals surface area contributed by atoms with Gasteiger partial charge in [-0.05, 0) is 37.1 Å². The molecule has 0 atom stereocenters. The zero-order valence-corrected chi connectivity index (χ0v) is 16.8. The number of halogens is 2. The molecule has 4 aromatic rings. The Hall–Kier alpha value is -3.06. The average Bonchev–Trinajstić information content (AvgIpc) is 3.13. The SMILES string of the molecule is Cc1nc(N2CCN(CCc3ccc(F)c(F)c3)CC2)c2[nH]c3ccccc3c2n1. The molecule has 3 heterocycles. The van der Waals surface area contributed by atoms with Crippen molar-refractivity contribution in [2.75, 3.05) is 37.6 Å². The lowest BCUT2D eigenvalue weighted by Gasteiger charge is -2.35. The van der Waals surface area contributed by atoms with Crippen molar-refractivity contribution in [2.24, 2.45) is 0 Å². The Balaban J connectivity index is 1.30. The summed E-state index contributed by atoms with van der Waals surface area (Å²) in [5.41, 5.74) is 3.84. The van der Waals surface area contributed by atoms with Gasteiger partial charge in [0.05, 0.1) is 0 Å². The van der Waals surface area contributed by atoms with Crippen LogP contribution < -0.4 is 4.90 Å². The highest BCUT2D eigenvalue weighted by Gasteiger charge is 2.22. The molecule has 0 aliphatic carbocycles. The minimum atomic E-state index is -0.796. The first-order valence-corrected chi connectivity index (χ1v) is 10.2. The monoisotopic (exact) mass is 407 g/mol. The minimum Gasteiger partial charge on any atom is -0.352 e. The lowest BCUT2D eigenvalue weighted by molar-refractivity contribution is 0.260. The number of piperazine rings is 1. The molecule has 1 N–H and O–H groups in total. The Bertz CT molecular complexity index is 1210. The number of aromatic amines is 1.